The third-order valence-corrected chi connectivity index (χ3v) is 5.23. The molecular weight excluding hydrogens is 420 g/mol. The van der Waals surface area contributed by atoms with Gasteiger partial charge in [-0.25, -0.2) is 4.79 Å². The standard InChI is InChI=1S/C14H14O3.C9H7BrO/c1-2-17-14(16)8-4-10-3-6-12-11(9-10)5-7-13(12)15;10-7-2-3-8-6(5-7)1-4-9(8)11/h3-4,6,8-9H,2,5,7H2,1H3;2-3,5H,1,4H2/b8-4+;. The van der Waals surface area contributed by atoms with Crippen molar-refractivity contribution in [1.29, 1.82) is 0 Å². The van der Waals surface area contributed by atoms with Crippen LogP contribution in [0.3, 0.4) is 0 Å². The molecule has 5 heteroatoms. The van der Waals surface area contributed by atoms with Crippen LogP contribution in [0.4, 0.5) is 0 Å². The highest BCUT2D eigenvalue weighted by atomic mass is 79.9. The molecule has 4 nitrogen and oxygen atoms in total. The topological polar surface area (TPSA) is 60.4 Å². The molecule has 0 spiro atoms. The summed E-state index contributed by atoms with van der Waals surface area (Å²) in [5.41, 5.74) is 4.91. The molecule has 2 aromatic carbocycles. The summed E-state index contributed by atoms with van der Waals surface area (Å²) in [5.74, 6) is 0.150. The minimum atomic E-state index is -0.343. The largest absolute Gasteiger partial charge is 0.463 e. The molecule has 144 valence electrons. The van der Waals surface area contributed by atoms with Gasteiger partial charge in [0.15, 0.2) is 11.6 Å². The first kappa shape index (κ1) is 20.2. The quantitative estimate of drug-likeness (QED) is 0.499. The van der Waals surface area contributed by atoms with Gasteiger partial charge in [-0.1, -0.05) is 40.2 Å². The summed E-state index contributed by atoms with van der Waals surface area (Å²) in [6.07, 6.45) is 6.11. The Kier molecular flexibility index (Phi) is 6.57. The lowest BCUT2D eigenvalue weighted by Crippen LogP contribution is -1.98. The fourth-order valence-corrected chi connectivity index (χ4v) is 3.77. The van der Waals surface area contributed by atoms with E-state index >= 15 is 0 Å². The minimum Gasteiger partial charge on any atom is -0.463 e. The molecule has 2 aromatic rings. The molecular formula is C23H21BrO4. The van der Waals surface area contributed by atoms with E-state index in [4.69, 9.17) is 4.74 Å². The van der Waals surface area contributed by atoms with E-state index in [0.717, 1.165) is 39.6 Å². The molecule has 0 saturated heterocycles. The first-order chi connectivity index (χ1) is 13.5. The number of ether oxygens (including phenoxy) is 1. The van der Waals surface area contributed by atoms with Gasteiger partial charge in [0.05, 0.1) is 6.61 Å². The summed E-state index contributed by atoms with van der Waals surface area (Å²) in [6, 6.07) is 11.5. The van der Waals surface area contributed by atoms with Crippen molar-refractivity contribution in [3.63, 3.8) is 0 Å². The molecule has 0 bridgehead atoms. The van der Waals surface area contributed by atoms with E-state index in [9.17, 15) is 14.4 Å². The first-order valence-corrected chi connectivity index (χ1v) is 10.1. The fourth-order valence-electron chi connectivity index (χ4n) is 3.36. The molecule has 0 amide bonds. The van der Waals surface area contributed by atoms with E-state index in [0.29, 0.717) is 19.4 Å². The van der Waals surface area contributed by atoms with Crippen LogP contribution in [0.15, 0.2) is 46.9 Å². The average molecular weight is 441 g/mol. The first-order valence-electron chi connectivity index (χ1n) is 9.30. The second-order valence-corrected chi connectivity index (χ2v) is 7.57. The summed E-state index contributed by atoms with van der Waals surface area (Å²) in [6.45, 7) is 2.15. The lowest BCUT2D eigenvalue weighted by molar-refractivity contribution is -0.137. The molecule has 28 heavy (non-hydrogen) atoms. The van der Waals surface area contributed by atoms with Crippen molar-refractivity contribution >= 4 is 39.5 Å². The van der Waals surface area contributed by atoms with E-state index < -0.39 is 0 Å². The Morgan fingerprint density at radius 2 is 1.57 bits per heavy atom. The minimum absolute atomic E-state index is 0.209. The Morgan fingerprint density at radius 3 is 2.21 bits per heavy atom. The summed E-state index contributed by atoms with van der Waals surface area (Å²) in [5, 5.41) is 0. The number of fused-ring (bicyclic) bond motifs is 2. The van der Waals surface area contributed by atoms with Crippen molar-refractivity contribution in [2.45, 2.75) is 32.6 Å². The van der Waals surface area contributed by atoms with Crippen LogP contribution in [0.2, 0.25) is 0 Å². The van der Waals surface area contributed by atoms with Gasteiger partial charge in [-0.2, -0.15) is 0 Å². The van der Waals surface area contributed by atoms with Crippen LogP contribution in [0.25, 0.3) is 6.08 Å². The molecule has 2 aliphatic carbocycles. The number of aryl methyl sites for hydroxylation is 2. The van der Waals surface area contributed by atoms with E-state index in [2.05, 4.69) is 15.9 Å². The van der Waals surface area contributed by atoms with E-state index in [1.807, 2.05) is 36.4 Å². The number of rotatable bonds is 3. The molecule has 0 aliphatic heterocycles. The van der Waals surface area contributed by atoms with Crippen LogP contribution in [-0.4, -0.2) is 24.1 Å². The number of ketones is 2. The lowest BCUT2D eigenvalue weighted by atomic mass is 10.1. The van der Waals surface area contributed by atoms with Crippen LogP contribution in [-0.2, 0) is 22.4 Å². The maximum atomic E-state index is 11.4. The van der Waals surface area contributed by atoms with Gasteiger partial charge in [-0.3, -0.25) is 9.59 Å². The van der Waals surface area contributed by atoms with Gasteiger partial charge >= 0.3 is 5.97 Å². The monoisotopic (exact) mass is 440 g/mol. The molecule has 2 aliphatic rings. The molecule has 0 heterocycles. The highest BCUT2D eigenvalue weighted by Crippen LogP contribution is 2.25. The zero-order valence-corrected chi connectivity index (χ0v) is 17.3. The summed E-state index contributed by atoms with van der Waals surface area (Å²) >= 11 is 3.37. The number of hydrogen-bond donors (Lipinski definition) is 0. The van der Waals surface area contributed by atoms with Gasteiger partial charge < -0.3 is 4.74 Å². The number of benzene rings is 2. The van der Waals surface area contributed by atoms with Crippen LogP contribution in [0, 0.1) is 0 Å². The third kappa shape index (κ3) is 4.84. The number of esters is 1. The van der Waals surface area contributed by atoms with E-state index in [1.165, 1.54) is 11.6 Å². The predicted octanol–water partition coefficient (Wildman–Crippen LogP) is 4.97. The summed E-state index contributed by atoms with van der Waals surface area (Å²) in [4.78, 5) is 33.7. The zero-order chi connectivity index (χ0) is 20.1. The summed E-state index contributed by atoms with van der Waals surface area (Å²) < 4.78 is 5.85. The van der Waals surface area contributed by atoms with Gasteiger partial charge in [0, 0.05) is 34.5 Å². The molecule has 4 rings (SSSR count). The van der Waals surface area contributed by atoms with Crippen molar-refractivity contribution in [2.75, 3.05) is 6.61 Å². The van der Waals surface area contributed by atoms with E-state index in [1.54, 1.807) is 13.0 Å². The SMILES string of the molecule is CCOC(=O)/C=C/c1ccc2c(c1)CCC2=O.O=C1CCc2cc(Br)ccc21. The number of carbonyl (C=O) groups excluding carboxylic acids is 3. The Labute approximate surface area is 172 Å². The zero-order valence-electron chi connectivity index (χ0n) is 15.7. The van der Waals surface area contributed by atoms with Gasteiger partial charge in [0.1, 0.15) is 0 Å². The van der Waals surface area contributed by atoms with Crippen LogP contribution < -0.4 is 0 Å². The Morgan fingerprint density at radius 1 is 0.964 bits per heavy atom. The Hall–Kier alpha value is -2.53. The van der Waals surface area contributed by atoms with Crippen molar-refractivity contribution in [1.82, 2.24) is 0 Å². The highest BCUT2D eigenvalue weighted by molar-refractivity contribution is 9.10. The van der Waals surface area contributed by atoms with Crippen molar-refractivity contribution < 1.29 is 19.1 Å². The Bertz CT molecular complexity index is 959. The number of halogens is 1. The van der Waals surface area contributed by atoms with Crippen LogP contribution >= 0.6 is 15.9 Å². The average Bonchev–Trinajstić information content (AvgIpc) is 3.23. The van der Waals surface area contributed by atoms with Gasteiger partial charge in [0.2, 0.25) is 0 Å². The normalized spacial score (nSPS) is 14.5. The number of hydrogen-bond acceptors (Lipinski definition) is 4. The van der Waals surface area contributed by atoms with Crippen molar-refractivity contribution in [3.05, 3.63) is 74.8 Å². The Balaban J connectivity index is 0.000000176. The second-order valence-electron chi connectivity index (χ2n) is 6.65. The summed E-state index contributed by atoms with van der Waals surface area (Å²) in [7, 11) is 0. The number of carbonyl (C=O) groups is 3. The molecule has 0 saturated carbocycles. The highest BCUT2D eigenvalue weighted by Gasteiger charge is 2.19. The molecule has 0 aromatic heterocycles. The smallest absolute Gasteiger partial charge is 0.330 e. The lowest BCUT2D eigenvalue weighted by Gasteiger charge is -1.99. The van der Waals surface area contributed by atoms with Gasteiger partial charge in [-0.15, -0.1) is 0 Å². The molecule has 0 N–H and O–H groups in total. The molecule has 0 fully saturated rings. The molecule has 0 atom stereocenters. The maximum Gasteiger partial charge on any atom is 0.330 e. The maximum absolute atomic E-state index is 11.4. The second kappa shape index (κ2) is 9.11. The van der Waals surface area contributed by atoms with Crippen molar-refractivity contribution in [3.8, 4) is 0 Å². The molecule has 0 radical (unpaired) electrons. The predicted molar refractivity (Wildman–Crippen MR) is 112 cm³/mol. The van der Waals surface area contributed by atoms with Gasteiger partial charge in [-0.05, 0) is 54.7 Å². The third-order valence-electron chi connectivity index (χ3n) is 4.74. The van der Waals surface area contributed by atoms with Gasteiger partial charge in [0.25, 0.3) is 0 Å². The van der Waals surface area contributed by atoms with E-state index in [-0.39, 0.29) is 17.5 Å². The van der Waals surface area contributed by atoms with Crippen LogP contribution in [0.5, 0.6) is 0 Å². The number of Topliss-reactive ketones (excluding diaryl/α,β-unsaturated/α-hetero) is 2. The fraction of sp³-hybridized carbons (Fsp3) is 0.261. The van der Waals surface area contributed by atoms with Crippen LogP contribution in [0.1, 0.15) is 57.2 Å². The van der Waals surface area contributed by atoms with Crippen molar-refractivity contribution in [2.24, 2.45) is 0 Å². The molecule has 0 unspecified atom stereocenters.